The molecule has 58 valence electrons. The third kappa shape index (κ3) is 0.956. The zero-order chi connectivity index (χ0) is 6.97. The van der Waals surface area contributed by atoms with E-state index in [0.29, 0.717) is 12.0 Å². The molecule has 0 amide bonds. The minimum absolute atomic E-state index is 0.0683. The normalized spacial score (nSPS) is 47.1. The van der Waals surface area contributed by atoms with Crippen molar-refractivity contribution in [1.29, 1.82) is 0 Å². The first kappa shape index (κ1) is 6.62. The molecule has 1 N–H and O–H groups in total. The van der Waals surface area contributed by atoms with E-state index < -0.39 is 0 Å². The van der Waals surface area contributed by atoms with Gasteiger partial charge in [0.05, 0.1) is 12.2 Å². The molecule has 0 aromatic heterocycles. The van der Waals surface area contributed by atoms with Crippen molar-refractivity contribution in [2.75, 3.05) is 6.61 Å². The van der Waals surface area contributed by atoms with Gasteiger partial charge in [0.25, 0.3) is 0 Å². The molecule has 0 unspecified atom stereocenters. The Morgan fingerprint density at radius 1 is 1.20 bits per heavy atom. The second kappa shape index (κ2) is 2.51. The average molecular weight is 142 g/mol. The van der Waals surface area contributed by atoms with Crippen molar-refractivity contribution in [3.63, 3.8) is 0 Å². The van der Waals surface area contributed by atoms with Crippen molar-refractivity contribution >= 4 is 0 Å². The van der Waals surface area contributed by atoms with E-state index in [2.05, 4.69) is 0 Å². The quantitative estimate of drug-likeness (QED) is 0.545. The smallest absolute Gasteiger partial charge is 0.0628 e. The molecule has 3 atom stereocenters. The zero-order valence-corrected chi connectivity index (χ0v) is 6.12. The fourth-order valence-electron chi connectivity index (χ4n) is 2.16. The highest BCUT2D eigenvalue weighted by atomic mass is 16.5. The van der Waals surface area contributed by atoms with Gasteiger partial charge in [0.2, 0.25) is 0 Å². The maximum Gasteiger partial charge on any atom is 0.0628 e. The molecule has 0 aromatic carbocycles. The van der Waals surface area contributed by atoms with Crippen molar-refractivity contribution in [3.8, 4) is 0 Å². The van der Waals surface area contributed by atoms with Crippen LogP contribution in [-0.4, -0.2) is 23.9 Å². The van der Waals surface area contributed by atoms with Crippen molar-refractivity contribution in [3.05, 3.63) is 0 Å². The molecule has 1 aliphatic heterocycles. The van der Waals surface area contributed by atoms with Crippen LogP contribution in [0.25, 0.3) is 0 Å². The second-order valence-electron chi connectivity index (χ2n) is 3.36. The molecule has 10 heavy (non-hydrogen) atoms. The number of hydrogen-bond acceptors (Lipinski definition) is 2. The molecule has 0 radical (unpaired) electrons. The summed E-state index contributed by atoms with van der Waals surface area (Å²) in [6.45, 7) is 0.766. The zero-order valence-electron chi connectivity index (χ0n) is 6.12. The van der Waals surface area contributed by atoms with Crippen molar-refractivity contribution in [2.24, 2.45) is 5.92 Å². The van der Waals surface area contributed by atoms with E-state index in [-0.39, 0.29) is 6.10 Å². The van der Waals surface area contributed by atoms with Gasteiger partial charge in [-0.05, 0) is 19.3 Å². The van der Waals surface area contributed by atoms with Gasteiger partial charge < -0.3 is 9.84 Å². The van der Waals surface area contributed by atoms with E-state index >= 15 is 0 Å². The number of ether oxygens (including phenoxy) is 1. The van der Waals surface area contributed by atoms with Crippen LogP contribution < -0.4 is 0 Å². The molecular formula is C8H14O2. The van der Waals surface area contributed by atoms with Crippen LogP contribution in [0.1, 0.15) is 25.7 Å². The molecular weight excluding hydrogens is 128 g/mol. The largest absolute Gasteiger partial charge is 0.393 e. The van der Waals surface area contributed by atoms with Gasteiger partial charge in [-0.25, -0.2) is 0 Å². The van der Waals surface area contributed by atoms with E-state index in [4.69, 9.17) is 4.74 Å². The van der Waals surface area contributed by atoms with Crippen LogP contribution in [0.2, 0.25) is 0 Å². The van der Waals surface area contributed by atoms with Gasteiger partial charge in [-0.15, -0.1) is 0 Å². The minimum atomic E-state index is -0.0683. The molecule has 0 spiro atoms. The van der Waals surface area contributed by atoms with Crippen LogP contribution in [0.3, 0.4) is 0 Å². The predicted octanol–water partition coefficient (Wildman–Crippen LogP) is 0.936. The lowest BCUT2D eigenvalue weighted by Gasteiger charge is -2.30. The standard InChI is InChI=1S/C8H14O2/c9-7-4-5-10-8-3-1-2-6(7)8/h6-9H,1-5H2/t6-,7-,8-/m1/s1. The lowest BCUT2D eigenvalue weighted by Crippen LogP contribution is -2.35. The maximum absolute atomic E-state index is 9.50. The average Bonchev–Trinajstić information content (AvgIpc) is 2.36. The topological polar surface area (TPSA) is 29.5 Å². The Bertz CT molecular complexity index is 124. The summed E-state index contributed by atoms with van der Waals surface area (Å²) in [6.07, 6.45) is 4.76. The first-order chi connectivity index (χ1) is 4.88. The Labute approximate surface area is 61.2 Å². The van der Waals surface area contributed by atoms with Crippen molar-refractivity contribution in [1.82, 2.24) is 0 Å². The highest BCUT2D eigenvalue weighted by Gasteiger charge is 2.36. The fourth-order valence-corrected chi connectivity index (χ4v) is 2.16. The van der Waals surface area contributed by atoms with E-state index in [9.17, 15) is 5.11 Å². The summed E-state index contributed by atoms with van der Waals surface area (Å²) in [6, 6.07) is 0. The Kier molecular flexibility index (Phi) is 1.66. The Morgan fingerprint density at radius 2 is 2.10 bits per heavy atom. The van der Waals surface area contributed by atoms with Crippen LogP contribution in [0.5, 0.6) is 0 Å². The molecule has 2 aliphatic rings. The summed E-state index contributed by atoms with van der Waals surface area (Å²) in [5, 5.41) is 9.50. The van der Waals surface area contributed by atoms with Gasteiger partial charge in [0.1, 0.15) is 0 Å². The summed E-state index contributed by atoms with van der Waals surface area (Å²) in [5.74, 6) is 0.466. The van der Waals surface area contributed by atoms with Crippen LogP contribution in [0, 0.1) is 5.92 Å². The maximum atomic E-state index is 9.50. The van der Waals surface area contributed by atoms with Crippen LogP contribution in [0.15, 0.2) is 0 Å². The lowest BCUT2D eigenvalue weighted by atomic mass is 9.94. The summed E-state index contributed by atoms with van der Waals surface area (Å²) >= 11 is 0. The molecule has 2 heteroatoms. The molecule has 2 nitrogen and oxygen atoms in total. The number of aliphatic hydroxyl groups excluding tert-OH is 1. The molecule has 0 bridgehead atoms. The first-order valence-corrected chi connectivity index (χ1v) is 4.17. The highest BCUT2D eigenvalue weighted by molar-refractivity contribution is 4.86. The lowest BCUT2D eigenvalue weighted by molar-refractivity contribution is -0.0765. The Hall–Kier alpha value is -0.0800. The third-order valence-electron chi connectivity index (χ3n) is 2.74. The van der Waals surface area contributed by atoms with E-state index in [1.165, 1.54) is 19.3 Å². The molecule has 0 aromatic rings. The Balaban J connectivity index is 2.03. The monoisotopic (exact) mass is 142 g/mol. The van der Waals surface area contributed by atoms with Gasteiger partial charge in [-0.3, -0.25) is 0 Å². The van der Waals surface area contributed by atoms with Gasteiger partial charge in [0.15, 0.2) is 0 Å². The van der Waals surface area contributed by atoms with Crippen LogP contribution in [-0.2, 0) is 4.74 Å². The predicted molar refractivity (Wildman–Crippen MR) is 37.7 cm³/mol. The SMILES string of the molecule is O[C@@H]1CCO[C@@H]2CCC[C@H]12. The number of rotatable bonds is 0. The van der Waals surface area contributed by atoms with Gasteiger partial charge in [-0.2, -0.15) is 0 Å². The van der Waals surface area contributed by atoms with E-state index in [1.807, 2.05) is 0 Å². The first-order valence-electron chi connectivity index (χ1n) is 4.17. The van der Waals surface area contributed by atoms with E-state index in [1.54, 1.807) is 0 Å². The molecule has 1 aliphatic carbocycles. The third-order valence-corrected chi connectivity index (χ3v) is 2.74. The van der Waals surface area contributed by atoms with Crippen molar-refractivity contribution in [2.45, 2.75) is 37.9 Å². The van der Waals surface area contributed by atoms with Crippen molar-refractivity contribution < 1.29 is 9.84 Å². The van der Waals surface area contributed by atoms with E-state index in [0.717, 1.165) is 13.0 Å². The van der Waals surface area contributed by atoms with Gasteiger partial charge >= 0.3 is 0 Å². The Morgan fingerprint density at radius 3 is 2.90 bits per heavy atom. The number of fused-ring (bicyclic) bond motifs is 1. The second-order valence-corrected chi connectivity index (χ2v) is 3.36. The molecule has 2 fully saturated rings. The molecule has 1 saturated carbocycles. The van der Waals surface area contributed by atoms with Crippen LogP contribution >= 0.6 is 0 Å². The van der Waals surface area contributed by atoms with Gasteiger partial charge in [0, 0.05) is 12.5 Å². The number of aliphatic hydroxyl groups is 1. The minimum Gasteiger partial charge on any atom is -0.393 e. The fraction of sp³-hybridized carbons (Fsp3) is 1.00. The molecule has 1 heterocycles. The molecule has 1 saturated heterocycles. The summed E-state index contributed by atoms with van der Waals surface area (Å²) in [5.41, 5.74) is 0. The summed E-state index contributed by atoms with van der Waals surface area (Å²) < 4.78 is 5.51. The van der Waals surface area contributed by atoms with Gasteiger partial charge in [-0.1, -0.05) is 6.42 Å². The summed E-state index contributed by atoms with van der Waals surface area (Å²) in [7, 11) is 0. The molecule has 2 rings (SSSR count). The summed E-state index contributed by atoms with van der Waals surface area (Å²) in [4.78, 5) is 0. The number of hydrogen-bond donors (Lipinski definition) is 1. The highest BCUT2D eigenvalue weighted by Crippen LogP contribution is 2.34. The van der Waals surface area contributed by atoms with Crippen LogP contribution in [0.4, 0.5) is 0 Å².